The number of carbonyl (C=O) groups is 1. The molecule has 0 aromatic carbocycles. The molecule has 0 aliphatic rings. The lowest BCUT2D eigenvalue weighted by atomic mass is 9.96. The van der Waals surface area contributed by atoms with E-state index in [1.807, 2.05) is 32.4 Å². The summed E-state index contributed by atoms with van der Waals surface area (Å²) < 4.78 is 7.22. The number of hydrogen-bond donors (Lipinski definition) is 2. The van der Waals surface area contributed by atoms with Crippen LogP contribution < -0.4 is 10.6 Å². The van der Waals surface area contributed by atoms with E-state index in [2.05, 4.69) is 27.6 Å². The molecule has 9 heteroatoms. The van der Waals surface area contributed by atoms with Gasteiger partial charge in [0, 0.05) is 30.9 Å². The molecule has 2 heterocycles. The van der Waals surface area contributed by atoms with Gasteiger partial charge in [-0.3, -0.25) is 4.79 Å². The predicted octanol–water partition coefficient (Wildman–Crippen LogP) is 2.94. The number of thioether (sulfide) groups is 1. The molecule has 8 nitrogen and oxygen atoms in total. The van der Waals surface area contributed by atoms with Crippen molar-refractivity contribution >= 4 is 34.5 Å². The highest BCUT2D eigenvalue weighted by Gasteiger charge is 2.20. The monoisotopic (exact) mass is 408 g/mol. The number of fused-ring (bicyclic) bond motifs is 1. The molecule has 2 aromatic heterocycles. The first-order valence-electron chi connectivity index (χ1n) is 9.83. The van der Waals surface area contributed by atoms with Gasteiger partial charge in [0.1, 0.15) is 5.82 Å². The summed E-state index contributed by atoms with van der Waals surface area (Å²) in [4.78, 5) is 21.4. The van der Waals surface area contributed by atoms with Crippen LogP contribution in [0.1, 0.15) is 41.0 Å². The van der Waals surface area contributed by atoms with Crippen LogP contribution >= 0.6 is 11.8 Å². The van der Waals surface area contributed by atoms with Crippen molar-refractivity contribution < 1.29 is 9.53 Å². The van der Waals surface area contributed by atoms with Gasteiger partial charge in [-0.15, -0.1) is 0 Å². The average Bonchev–Trinajstić information content (AvgIpc) is 3.05. The Balaban J connectivity index is 2.16. The van der Waals surface area contributed by atoms with Gasteiger partial charge in [0.05, 0.1) is 24.7 Å². The molecular weight excluding hydrogens is 376 g/mol. The summed E-state index contributed by atoms with van der Waals surface area (Å²) in [7, 11) is 0. The fourth-order valence-electron chi connectivity index (χ4n) is 2.42. The second-order valence-electron chi connectivity index (χ2n) is 7.44. The Kier molecular flexibility index (Phi) is 8.50. The number of carbonyl (C=O) groups excluding carboxylic acids is 1. The molecule has 1 amide bonds. The molecule has 0 aliphatic carbocycles. The minimum atomic E-state index is -0.407. The lowest BCUT2D eigenvalue weighted by Crippen LogP contribution is -2.36. The molecule has 0 radical (unpaired) electrons. The number of nitrogens with one attached hydrogen (secondary N) is 2. The molecule has 156 valence electrons. The van der Waals surface area contributed by atoms with Crippen LogP contribution in [0.4, 0.5) is 5.82 Å². The summed E-state index contributed by atoms with van der Waals surface area (Å²) in [5, 5.41) is 12.4. The van der Waals surface area contributed by atoms with Gasteiger partial charge in [0.15, 0.2) is 10.8 Å². The van der Waals surface area contributed by atoms with E-state index in [1.165, 1.54) is 0 Å². The number of ether oxygens (including phenoxy) is 1. The number of nitrogens with zero attached hydrogens (tertiary/aromatic N) is 4. The zero-order valence-electron chi connectivity index (χ0n) is 17.5. The Hall–Kier alpha value is -1.87. The lowest BCUT2D eigenvalue weighted by Gasteiger charge is -2.17. The summed E-state index contributed by atoms with van der Waals surface area (Å²) in [6.07, 6.45) is 2.83. The predicted molar refractivity (Wildman–Crippen MR) is 114 cm³/mol. The third-order valence-electron chi connectivity index (χ3n) is 3.94. The van der Waals surface area contributed by atoms with Gasteiger partial charge in [-0.2, -0.15) is 5.10 Å². The molecular formula is C19H32N6O2S. The van der Waals surface area contributed by atoms with Gasteiger partial charge in [-0.25, -0.2) is 14.6 Å². The molecule has 0 spiro atoms. The zero-order chi connectivity index (χ0) is 20.6. The third kappa shape index (κ3) is 6.34. The Morgan fingerprint density at radius 3 is 2.71 bits per heavy atom. The maximum absolute atomic E-state index is 12.1. The van der Waals surface area contributed by atoms with Crippen molar-refractivity contribution in [1.82, 2.24) is 25.1 Å². The fourth-order valence-corrected chi connectivity index (χ4v) is 3.11. The van der Waals surface area contributed by atoms with E-state index >= 15 is 0 Å². The number of aromatic nitrogens is 4. The maximum atomic E-state index is 12.1. The molecule has 0 bridgehead atoms. The largest absolute Gasteiger partial charge is 0.380 e. The van der Waals surface area contributed by atoms with Crippen LogP contribution in [0.5, 0.6) is 0 Å². The van der Waals surface area contributed by atoms with E-state index < -0.39 is 5.41 Å². The summed E-state index contributed by atoms with van der Waals surface area (Å²) in [6, 6.07) is 0. The van der Waals surface area contributed by atoms with Crippen molar-refractivity contribution in [3.8, 4) is 0 Å². The molecule has 0 atom stereocenters. The first kappa shape index (κ1) is 22.4. The van der Waals surface area contributed by atoms with Crippen LogP contribution in [0.25, 0.3) is 11.0 Å². The van der Waals surface area contributed by atoms with E-state index in [1.54, 1.807) is 18.0 Å². The third-order valence-corrected chi connectivity index (χ3v) is 5.00. The second kappa shape index (κ2) is 10.6. The maximum Gasteiger partial charge on any atom is 0.225 e. The van der Waals surface area contributed by atoms with Gasteiger partial charge in [-0.1, -0.05) is 39.5 Å². The standard InChI is InChI=1S/C19H32N6O2S/c1-6-12-28-18-23-15(20-9-11-27-7-2)14-13-22-25(16(14)24-18)10-8-21-17(26)19(3,4)5/h13H,6-12H2,1-5H3,(H,21,26)(H,20,23,24). The summed E-state index contributed by atoms with van der Waals surface area (Å²) in [5.41, 5.74) is 0.369. The summed E-state index contributed by atoms with van der Waals surface area (Å²) in [5.74, 6) is 1.75. The highest BCUT2D eigenvalue weighted by Crippen LogP contribution is 2.24. The zero-order valence-corrected chi connectivity index (χ0v) is 18.4. The number of anilines is 1. The minimum absolute atomic E-state index is 0.0241. The van der Waals surface area contributed by atoms with Gasteiger partial charge in [-0.05, 0) is 13.3 Å². The number of hydrogen-bond acceptors (Lipinski definition) is 7. The van der Waals surface area contributed by atoms with Crippen LogP contribution in [0, 0.1) is 5.41 Å². The first-order chi connectivity index (χ1) is 13.4. The van der Waals surface area contributed by atoms with Crippen LogP contribution in [-0.4, -0.2) is 57.7 Å². The number of amides is 1. The minimum Gasteiger partial charge on any atom is -0.380 e. The Bertz CT molecular complexity index is 772. The molecule has 2 rings (SSSR count). The van der Waals surface area contributed by atoms with E-state index in [4.69, 9.17) is 9.72 Å². The average molecular weight is 409 g/mol. The molecule has 0 unspecified atom stereocenters. The Morgan fingerprint density at radius 2 is 2.04 bits per heavy atom. The van der Waals surface area contributed by atoms with Gasteiger partial charge in [0.2, 0.25) is 5.91 Å². The SMILES string of the molecule is CCCSc1nc(NCCOCC)c2cnn(CCNC(=O)C(C)(C)C)c2n1. The summed E-state index contributed by atoms with van der Waals surface area (Å²) >= 11 is 1.63. The van der Waals surface area contributed by atoms with Gasteiger partial charge >= 0.3 is 0 Å². The molecule has 0 fully saturated rings. The van der Waals surface area contributed by atoms with Crippen molar-refractivity contribution in [2.45, 2.75) is 52.7 Å². The second-order valence-corrected chi connectivity index (χ2v) is 8.50. The topological polar surface area (TPSA) is 94.0 Å². The number of rotatable bonds is 11. The summed E-state index contributed by atoms with van der Waals surface area (Å²) in [6.45, 7) is 12.8. The molecule has 28 heavy (non-hydrogen) atoms. The smallest absolute Gasteiger partial charge is 0.225 e. The van der Waals surface area contributed by atoms with Crippen molar-refractivity contribution in [2.24, 2.45) is 5.41 Å². The Morgan fingerprint density at radius 1 is 1.25 bits per heavy atom. The lowest BCUT2D eigenvalue weighted by molar-refractivity contribution is -0.128. The van der Waals surface area contributed by atoms with Crippen molar-refractivity contribution in [3.05, 3.63) is 6.20 Å². The Labute approximate surface area is 171 Å². The molecule has 2 N–H and O–H groups in total. The van der Waals surface area contributed by atoms with E-state index in [-0.39, 0.29) is 5.91 Å². The molecule has 0 saturated heterocycles. The van der Waals surface area contributed by atoms with Crippen LogP contribution in [0.2, 0.25) is 0 Å². The van der Waals surface area contributed by atoms with E-state index in [0.717, 1.165) is 34.2 Å². The molecule has 2 aromatic rings. The van der Waals surface area contributed by atoms with Gasteiger partial charge in [0.25, 0.3) is 0 Å². The van der Waals surface area contributed by atoms with E-state index in [9.17, 15) is 4.79 Å². The van der Waals surface area contributed by atoms with Crippen molar-refractivity contribution in [1.29, 1.82) is 0 Å². The van der Waals surface area contributed by atoms with E-state index in [0.29, 0.717) is 32.8 Å². The van der Waals surface area contributed by atoms with Crippen LogP contribution in [0.3, 0.4) is 0 Å². The molecule has 0 aliphatic heterocycles. The highest BCUT2D eigenvalue weighted by atomic mass is 32.2. The highest BCUT2D eigenvalue weighted by molar-refractivity contribution is 7.99. The normalized spacial score (nSPS) is 11.8. The first-order valence-corrected chi connectivity index (χ1v) is 10.8. The van der Waals surface area contributed by atoms with Gasteiger partial charge < -0.3 is 15.4 Å². The van der Waals surface area contributed by atoms with Crippen LogP contribution in [-0.2, 0) is 16.1 Å². The van der Waals surface area contributed by atoms with Crippen LogP contribution in [0.15, 0.2) is 11.4 Å². The quantitative estimate of drug-likeness (QED) is 0.335. The molecule has 0 saturated carbocycles. The van der Waals surface area contributed by atoms with Crippen molar-refractivity contribution in [2.75, 3.05) is 37.4 Å². The fraction of sp³-hybridized carbons (Fsp3) is 0.684. The van der Waals surface area contributed by atoms with Crippen molar-refractivity contribution in [3.63, 3.8) is 0 Å².